The van der Waals surface area contributed by atoms with E-state index in [1.165, 1.54) is 17.0 Å². The Morgan fingerprint density at radius 2 is 1.79 bits per heavy atom. The van der Waals surface area contributed by atoms with E-state index in [9.17, 15) is 13.2 Å². The minimum atomic E-state index is -3.42. The molecule has 0 unspecified atom stereocenters. The normalized spacial score (nSPS) is 11.3. The zero-order chi connectivity index (χ0) is 20.7. The fourth-order valence-corrected chi connectivity index (χ4v) is 3.86. The predicted molar refractivity (Wildman–Crippen MR) is 112 cm³/mol. The molecule has 7 nitrogen and oxygen atoms in total. The smallest absolute Gasteiger partial charge is 0.253 e. The first-order valence-electron chi connectivity index (χ1n) is 9.19. The molecule has 0 bridgehead atoms. The van der Waals surface area contributed by atoms with Crippen LogP contribution in [0.5, 0.6) is 5.75 Å². The van der Waals surface area contributed by atoms with Crippen LogP contribution in [-0.2, 0) is 23.0 Å². The lowest BCUT2D eigenvalue weighted by Crippen LogP contribution is -2.32. The van der Waals surface area contributed by atoms with E-state index in [2.05, 4.69) is 9.71 Å². The van der Waals surface area contributed by atoms with Gasteiger partial charge >= 0.3 is 0 Å². The fourth-order valence-electron chi connectivity index (χ4n) is 2.80. The van der Waals surface area contributed by atoms with Crippen molar-refractivity contribution in [3.63, 3.8) is 0 Å². The number of rotatable bonds is 9. The van der Waals surface area contributed by atoms with Crippen LogP contribution in [0, 0.1) is 0 Å². The monoisotopic (exact) mass is 413 g/mol. The van der Waals surface area contributed by atoms with Crippen molar-refractivity contribution in [3.05, 3.63) is 82.9 Å². The van der Waals surface area contributed by atoms with Gasteiger partial charge in [0.25, 0.3) is 5.56 Å². The SMILES string of the molecule is COc1ccc(-c2cc(=O)n(CCNS(=O)(=O)CCc3ccccc3)cn2)cc1. The highest BCUT2D eigenvalue weighted by atomic mass is 32.2. The van der Waals surface area contributed by atoms with Crippen molar-refractivity contribution in [1.82, 2.24) is 14.3 Å². The fraction of sp³-hybridized carbons (Fsp3) is 0.238. The molecule has 0 amide bonds. The Morgan fingerprint density at radius 1 is 1.07 bits per heavy atom. The summed E-state index contributed by atoms with van der Waals surface area (Å²) in [6.45, 7) is 0.333. The number of sulfonamides is 1. The van der Waals surface area contributed by atoms with Crippen molar-refractivity contribution in [1.29, 1.82) is 0 Å². The molecule has 0 spiro atoms. The highest BCUT2D eigenvalue weighted by Crippen LogP contribution is 2.19. The summed E-state index contributed by atoms with van der Waals surface area (Å²) in [7, 11) is -1.83. The molecule has 0 aliphatic carbocycles. The second-order valence-electron chi connectivity index (χ2n) is 6.48. The standard InChI is InChI=1S/C21H23N3O4S/c1-28-19-9-7-18(8-10-19)20-15-21(25)24(16-22-20)13-12-23-29(26,27)14-11-17-5-3-2-4-6-17/h2-10,15-16,23H,11-14H2,1H3. The van der Waals surface area contributed by atoms with Crippen molar-refractivity contribution in [2.75, 3.05) is 19.4 Å². The van der Waals surface area contributed by atoms with Gasteiger partial charge in [-0.3, -0.25) is 9.36 Å². The summed E-state index contributed by atoms with van der Waals surface area (Å²) in [6.07, 6.45) is 1.87. The van der Waals surface area contributed by atoms with Crippen molar-refractivity contribution in [2.45, 2.75) is 13.0 Å². The largest absolute Gasteiger partial charge is 0.497 e. The number of hydrogen-bond acceptors (Lipinski definition) is 5. The molecule has 152 valence electrons. The average Bonchev–Trinajstić information content (AvgIpc) is 2.74. The van der Waals surface area contributed by atoms with Gasteiger partial charge in [-0.1, -0.05) is 30.3 Å². The molecule has 0 atom stereocenters. The minimum Gasteiger partial charge on any atom is -0.497 e. The third kappa shape index (κ3) is 6.00. The molecule has 0 fully saturated rings. The summed E-state index contributed by atoms with van der Waals surface area (Å²) in [5, 5.41) is 0. The van der Waals surface area contributed by atoms with Gasteiger partial charge < -0.3 is 4.74 Å². The van der Waals surface area contributed by atoms with Gasteiger partial charge in [-0.25, -0.2) is 18.1 Å². The molecule has 1 heterocycles. The maximum absolute atomic E-state index is 12.3. The molecule has 29 heavy (non-hydrogen) atoms. The van der Waals surface area contributed by atoms with Crippen molar-refractivity contribution in [2.24, 2.45) is 0 Å². The molecule has 0 radical (unpaired) electrons. The molecule has 2 aromatic carbocycles. The Morgan fingerprint density at radius 3 is 2.45 bits per heavy atom. The number of hydrogen-bond donors (Lipinski definition) is 1. The quantitative estimate of drug-likeness (QED) is 0.580. The predicted octanol–water partition coefficient (Wildman–Crippen LogP) is 2.08. The Hall–Kier alpha value is -2.97. The van der Waals surface area contributed by atoms with Gasteiger partial charge in [-0.15, -0.1) is 0 Å². The maximum Gasteiger partial charge on any atom is 0.253 e. The van der Waals surface area contributed by atoms with Gasteiger partial charge in [-0.2, -0.15) is 0 Å². The van der Waals surface area contributed by atoms with Gasteiger partial charge in [0.15, 0.2) is 0 Å². The molecule has 8 heteroatoms. The number of nitrogens with one attached hydrogen (secondary N) is 1. The van der Waals surface area contributed by atoms with Crippen LogP contribution in [0.3, 0.4) is 0 Å². The van der Waals surface area contributed by atoms with Crippen LogP contribution in [0.15, 0.2) is 71.8 Å². The summed E-state index contributed by atoms with van der Waals surface area (Å²) in [5.41, 5.74) is 2.08. The second kappa shape index (κ2) is 9.49. The second-order valence-corrected chi connectivity index (χ2v) is 8.41. The van der Waals surface area contributed by atoms with Gasteiger partial charge in [-0.05, 0) is 36.2 Å². The molecular formula is C21H23N3O4S. The van der Waals surface area contributed by atoms with E-state index in [4.69, 9.17) is 4.74 Å². The van der Waals surface area contributed by atoms with Gasteiger partial charge in [0.1, 0.15) is 5.75 Å². The summed E-state index contributed by atoms with van der Waals surface area (Å²) >= 11 is 0. The van der Waals surface area contributed by atoms with E-state index in [0.29, 0.717) is 12.1 Å². The van der Waals surface area contributed by atoms with E-state index in [-0.39, 0.29) is 24.4 Å². The van der Waals surface area contributed by atoms with E-state index >= 15 is 0 Å². The Bertz CT molecular complexity index is 1090. The molecule has 0 aliphatic heterocycles. The van der Waals surface area contributed by atoms with Crippen LogP contribution in [0.2, 0.25) is 0 Å². The number of ether oxygens (including phenoxy) is 1. The number of aryl methyl sites for hydroxylation is 1. The van der Waals surface area contributed by atoms with E-state index in [0.717, 1.165) is 16.9 Å². The molecule has 0 saturated carbocycles. The molecule has 1 aromatic heterocycles. The summed E-state index contributed by atoms with van der Waals surface area (Å²) in [6, 6.07) is 18.1. The lowest BCUT2D eigenvalue weighted by molar-refractivity contribution is 0.415. The first kappa shape index (κ1) is 20.8. The van der Waals surface area contributed by atoms with Crippen LogP contribution in [-0.4, -0.2) is 37.4 Å². The number of methoxy groups -OCH3 is 1. The summed E-state index contributed by atoms with van der Waals surface area (Å²) < 4.78 is 33.3. The van der Waals surface area contributed by atoms with Crippen LogP contribution in [0.4, 0.5) is 0 Å². The van der Waals surface area contributed by atoms with Gasteiger partial charge in [0.05, 0.1) is 24.9 Å². The third-order valence-electron chi connectivity index (χ3n) is 4.44. The molecule has 3 rings (SSSR count). The third-order valence-corrected chi connectivity index (χ3v) is 5.83. The number of aromatic nitrogens is 2. The van der Waals surface area contributed by atoms with Crippen LogP contribution >= 0.6 is 0 Å². The topological polar surface area (TPSA) is 90.3 Å². The average molecular weight is 413 g/mol. The summed E-state index contributed by atoms with van der Waals surface area (Å²) in [4.78, 5) is 16.6. The zero-order valence-corrected chi connectivity index (χ0v) is 16.9. The highest BCUT2D eigenvalue weighted by molar-refractivity contribution is 7.89. The highest BCUT2D eigenvalue weighted by Gasteiger charge is 2.10. The number of benzene rings is 2. The van der Waals surface area contributed by atoms with Crippen LogP contribution in [0.25, 0.3) is 11.3 Å². The Labute approximate surface area is 170 Å². The van der Waals surface area contributed by atoms with Crippen LogP contribution < -0.4 is 15.0 Å². The Kier molecular flexibility index (Phi) is 6.79. The van der Waals surface area contributed by atoms with Crippen molar-refractivity contribution >= 4 is 10.0 Å². The Balaban J connectivity index is 1.55. The zero-order valence-electron chi connectivity index (χ0n) is 16.1. The van der Waals surface area contributed by atoms with Gasteiger partial charge in [0, 0.05) is 24.7 Å². The van der Waals surface area contributed by atoms with E-state index in [1.54, 1.807) is 19.2 Å². The first-order chi connectivity index (χ1) is 14.0. The van der Waals surface area contributed by atoms with Gasteiger partial charge in [0.2, 0.25) is 10.0 Å². The number of nitrogens with zero attached hydrogens (tertiary/aromatic N) is 2. The van der Waals surface area contributed by atoms with E-state index in [1.807, 2.05) is 42.5 Å². The lowest BCUT2D eigenvalue weighted by Gasteiger charge is -2.09. The molecule has 0 aliphatic rings. The first-order valence-corrected chi connectivity index (χ1v) is 10.8. The van der Waals surface area contributed by atoms with Crippen molar-refractivity contribution < 1.29 is 13.2 Å². The van der Waals surface area contributed by atoms with Crippen LogP contribution in [0.1, 0.15) is 5.56 Å². The van der Waals surface area contributed by atoms with Crippen molar-refractivity contribution in [3.8, 4) is 17.0 Å². The van der Waals surface area contributed by atoms with E-state index < -0.39 is 10.0 Å². The molecule has 1 N–H and O–H groups in total. The molecule has 0 saturated heterocycles. The lowest BCUT2D eigenvalue weighted by atomic mass is 10.1. The summed E-state index contributed by atoms with van der Waals surface area (Å²) in [5.74, 6) is 0.724. The minimum absolute atomic E-state index is 0.000565. The molecular weight excluding hydrogens is 390 g/mol. The maximum atomic E-state index is 12.3. The molecule has 3 aromatic rings.